The number of aliphatic hydroxyl groups is 1. The second-order valence-electron chi connectivity index (χ2n) is 11.4. The van der Waals surface area contributed by atoms with E-state index in [1.165, 1.54) is 5.56 Å². The monoisotopic (exact) mass is 556 g/mol. The number of hydrogen-bond acceptors (Lipinski definition) is 6. The summed E-state index contributed by atoms with van der Waals surface area (Å²) in [4.78, 5) is 10.8. The van der Waals surface area contributed by atoms with Crippen molar-refractivity contribution in [1.82, 2.24) is 0 Å². The highest BCUT2D eigenvalue weighted by Crippen LogP contribution is 2.39. The van der Waals surface area contributed by atoms with Gasteiger partial charge >= 0.3 is 5.97 Å². The van der Waals surface area contributed by atoms with Crippen molar-refractivity contribution in [3.63, 3.8) is 0 Å². The van der Waals surface area contributed by atoms with Crippen LogP contribution < -0.4 is 0 Å². The minimum Gasteiger partial charge on any atom is -0.481 e. The SMILES string of the molecule is O=C(O)CCCC=CC[C@@H]1[C@@H](/C=C/C(CCc2ccccc2)OC2CCCCO2)[C@H](OC2CCCCO2)C[C@@H]1O. The van der Waals surface area contributed by atoms with Gasteiger partial charge in [-0.1, -0.05) is 54.6 Å². The van der Waals surface area contributed by atoms with Gasteiger partial charge in [-0.05, 0) is 82.1 Å². The first kappa shape index (κ1) is 30.9. The lowest BCUT2D eigenvalue weighted by Crippen LogP contribution is -2.31. The molecule has 0 radical (unpaired) electrons. The maximum atomic E-state index is 11.1. The number of benzene rings is 1. The maximum absolute atomic E-state index is 11.1. The highest BCUT2D eigenvalue weighted by Gasteiger charge is 2.42. The first-order chi connectivity index (χ1) is 19.6. The predicted molar refractivity (Wildman–Crippen MR) is 154 cm³/mol. The van der Waals surface area contributed by atoms with Crippen molar-refractivity contribution < 1.29 is 34.0 Å². The molecule has 3 unspecified atom stereocenters. The zero-order valence-electron chi connectivity index (χ0n) is 23.8. The fraction of sp³-hybridized carbons (Fsp3) is 0.667. The van der Waals surface area contributed by atoms with Gasteiger partial charge in [0.15, 0.2) is 12.6 Å². The molecule has 0 amide bonds. The molecule has 7 atom stereocenters. The lowest BCUT2D eigenvalue weighted by molar-refractivity contribution is -0.193. The molecule has 4 rings (SSSR count). The van der Waals surface area contributed by atoms with E-state index in [0.29, 0.717) is 12.8 Å². The fourth-order valence-electron chi connectivity index (χ4n) is 6.01. The lowest BCUT2D eigenvalue weighted by atomic mass is 9.89. The van der Waals surface area contributed by atoms with Gasteiger partial charge in [-0.3, -0.25) is 4.79 Å². The average molecular weight is 557 g/mol. The normalized spacial score (nSPS) is 30.2. The van der Waals surface area contributed by atoms with Crippen LogP contribution >= 0.6 is 0 Å². The molecule has 3 fully saturated rings. The van der Waals surface area contributed by atoms with Crippen LogP contribution in [0.3, 0.4) is 0 Å². The number of allylic oxidation sites excluding steroid dienone is 2. The minimum absolute atomic E-state index is 0.0151. The van der Waals surface area contributed by atoms with E-state index in [2.05, 4.69) is 42.5 Å². The Balaban J connectivity index is 1.44. The summed E-state index contributed by atoms with van der Waals surface area (Å²) in [5.74, 6) is -0.724. The van der Waals surface area contributed by atoms with Gasteiger partial charge in [-0.2, -0.15) is 0 Å². The number of aliphatic carboxylic acids is 1. The van der Waals surface area contributed by atoms with Crippen LogP contribution in [0.4, 0.5) is 0 Å². The van der Waals surface area contributed by atoms with E-state index in [4.69, 9.17) is 24.1 Å². The number of unbranched alkanes of at least 4 members (excludes halogenated alkanes) is 1. The van der Waals surface area contributed by atoms with Gasteiger partial charge < -0.3 is 29.2 Å². The summed E-state index contributed by atoms with van der Waals surface area (Å²) in [5, 5.41) is 20.0. The molecule has 2 heterocycles. The molecule has 0 aromatic heterocycles. The van der Waals surface area contributed by atoms with Gasteiger partial charge in [0.05, 0.1) is 18.3 Å². The Labute approximate surface area is 239 Å². The summed E-state index contributed by atoms with van der Waals surface area (Å²) in [6, 6.07) is 10.5. The molecule has 2 aliphatic heterocycles. The second kappa shape index (κ2) is 17.0. The zero-order valence-corrected chi connectivity index (χ0v) is 23.8. The van der Waals surface area contributed by atoms with Crippen molar-refractivity contribution in [2.45, 2.75) is 114 Å². The van der Waals surface area contributed by atoms with Crippen LogP contribution in [0.1, 0.15) is 82.6 Å². The molecule has 3 aliphatic rings. The molecular weight excluding hydrogens is 508 g/mol. The highest BCUT2D eigenvalue weighted by molar-refractivity contribution is 5.66. The summed E-state index contributed by atoms with van der Waals surface area (Å²) >= 11 is 0. The van der Waals surface area contributed by atoms with Gasteiger partial charge in [-0.15, -0.1) is 0 Å². The molecule has 2 saturated heterocycles. The van der Waals surface area contributed by atoms with Crippen LogP contribution in [0.25, 0.3) is 0 Å². The summed E-state index contributed by atoms with van der Waals surface area (Å²) in [7, 11) is 0. The van der Waals surface area contributed by atoms with Gasteiger partial charge in [0.25, 0.3) is 0 Å². The van der Waals surface area contributed by atoms with Gasteiger partial charge in [0.2, 0.25) is 0 Å². The third-order valence-corrected chi connectivity index (χ3v) is 8.27. The number of carbonyl (C=O) groups is 1. The van der Waals surface area contributed by atoms with E-state index in [1.807, 2.05) is 12.1 Å². The predicted octanol–water partition coefficient (Wildman–Crippen LogP) is 6.20. The number of aryl methyl sites for hydroxylation is 1. The number of ether oxygens (including phenoxy) is 4. The third kappa shape index (κ3) is 10.4. The summed E-state index contributed by atoms with van der Waals surface area (Å²) in [5.41, 5.74) is 1.28. The molecular formula is C33H48O7. The number of rotatable bonds is 15. The first-order valence-electron chi connectivity index (χ1n) is 15.4. The Bertz CT molecular complexity index is 905. The van der Waals surface area contributed by atoms with Crippen LogP contribution in [-0.4, -0.2) is 60.3 Å². The first-order valence-corrected chi connectivity index (χ1v) is 15.4. The van der Waals surface area contributed by atoms with E-state index in [1.54, 1.807) is 0 Å². The van der Waals surface area contributed by atoms with Gasteiger partial charge in [0, 0.05) is 32.0 Å². The van der Waals surface area contributed by atoms with Crippen molar-refractivity contribution in [3.8, 4) is 0 Å². The molecule has 222 valence electrons. The second-order valence-corrected chi connectivity index (χ2v) is 11.4. The van der Waals surface area contributed by atoms with Gasteiger partial charge in [0.1, 0.15) is 0 Å². The van der Waals surface area contributed by atoms with Crippen molar-refractivity contribution >= 4 is 5.97 Å². The molecule has 7 nitrogen and oxygen atoms in total. The van der Waals surface area contributed by atoms with Crippen molar-refractivity contribution in [2.24, 2.45) is 11.8 Å². The molecule has 0 spiro atoms. The third-order valence-electron chi connectivity index (χ3n) is 8.27. The summed E-state index contributed by atoms with van der Waals surface area (Å²) in [6.45, 7) is 1.46. The van der Waals surface area contributed by atoms with Crippen molar-refractivity contribution in [1.29, 1.82) is 0 Å². The van der Waals surface area contributed by atoms with E-state index in [9.17, 15) is 9.90 Å². The topological polar surface area (TPSA) is 94.5 Å². The van der Waals surface area contributed by atoms with E-state index < -0.39 is 12.1 Å². The van der Waals surface area contributed by atoms with Gasteiger partial charge in [-0.25, -0.2) is 0 Å². The largest absolute Gasteiger partial charge is 0.481 e. The summed E-state index contributed by atoms with van der Waals surface area (Å²) in [6.07, 6.45) is 18.2. The number of aliphatic hydroxyl groups excluding tert-OH is 1. The Hall–Kier alpha value is -2.03. The Morgan fingerprint density at radius 2 is 1.77 bits per heavy atom. The molecule has 1 aliphatic carbocycles. The summed E-state index contributed by atoms with van der Waals surface area (Å²) < 4.78 is 24.7. The molecule has 1 aromatic carbocycles. The van der Waals surface area contributed by atoms with Crippen LogP contribution in [0.5, 0.6) is 0 Å². The van der Waals surface area contributed by atoms with E-state index >= 15 is 0 Å². The molecule has 1 aromatic rings. The Morgan fingerprint density at radius 1 is 1.02 bits per heavy atom. The molecule has 7 heteroatoms. The van der Waals surface area contributed by atoms with Crippen LogP contribution in [0, 0.1) is 11.8 Å². The molecule has 1 saturated carbocycles. The fourth-order valence-corrected chi connectivity index (χ4v) is 6.01. The smallest absolute Gasteiger partial charge is 0.303 e. The highest BCUT2D eigenvalue weighted by atomic mass is 16.7. The molecule has 2 N–H and O–H groups in total. The van der Waals surface area contributed by atoms with Crippen molar-refractivity contribution in [2.75, 3.05) is 13.2 Å². The molecule has 40 heavy (non-hydrogen) atoms. The average Bonchev–Trinajstić information content (AvgIpc) is 3.26. The Morgan fingerprint density at radius 3 is 2.48 bits per heavy atom. The lowest BCUT2D eigenvalue weighted by Gasteiger charge is -2.30. The van der Waals surface area contributed by atoms with Crippen LogP contribution in [-0.2, 0) is 30.2 Å². The quantitative estimate of drug-likeness (QED) is 0.196. The zero-order chi connectivity index (χ0) is 28.0. The Kier molecular flexibility index (Phi) is 13.2. The van der Waals surface area contributed by atoms with Crippen LogP contribution in [0.15, 0.2) is 54.6 Å². The van der Waals surface area contributed by atoms with Crippen LogP contribution in [0.2, 0.25) is 0 Å². The number of carboxylic acids is 1. The number of hydrogen-bond donors (Lipinski definition) is 2. The maximum Gasteiger partial charge on any atom is 0.303 e. The van der Waals surface area contributed by atoms with Crippen molar-refractivity contribution in [3.05, 3.63) is 60.2 Å². The molecule has 0 bridgehead atoms. The minimum atomic E-state index is -0.766. The van der Waals surface area contributed by atoms with E-state index in [-0.39, 0.29) is 43.0 Å². The van der Waals surface area contributed by atoms with E-state index in [0.717, 1.165) is 77.4 Å². The standard InChI is InChI=1S/C33H48O7/c34-29-24-30(40-33-17-9-11-23-38-33)28(27(29)14-6-1-2-7-15-31(35)36)21-20-26(39-32-16-8-10-22-37-32)19-18-25-12-4-3-5-13-25/h1,3-6,12-13,20-21,26-30,32-34H,2,7-11,14-19,22-24H2,(H,35,36)/b6-1?,21-20+/t26?,27-,28-,29+,30-,32?,33?/m1/s1. The number of carboxylic acid groups (broad SMARTS) is 1.